The van der Waals surface area contributed by atoms with Crippen molar-refractivity contribution in [1.82, 2.24) is 5.32 Å². The lowest BCUT2D eigenvalue weighted by atomic mass is 9.95. The Bertz CT molecular complexity index is 1220. The minimum absolute atomic E-state index is 0.0860. The highest BCUT2D eigenvalue weighted by molar-refractivity contribution is 6.00. The Labute approximate surface area is 217 Å². The van der Waals surface area contributed by atoms with Gasteiger partial charge < -0.3 is 24.6 Å². The van der Waals surface area contributed by atoms with Crippen LogP contribution >= 0.6 is 0 Å². The van der Waals surface area contributed by atoms with Crippen LogP contribution in [0.15, 0.2) is 89.9 Å². The van der Waals surface area contributed by atoms with Crippen molar-refractivity contribution >= 4 is 17.9 Å². The molecule has 1 heterocycles. The number of hydrogen-bond donors (Lipinski definition) is 2. The SMILES string of the molecule is COc1ccccc1CNC(=O)[C@@]1(C/C=C/c2ccccc2)COC(c2ccc(OCCCO)cc2)=N1. The summed E-state index contributed by atoms with van der Waals surface area (Å²) in [6, 6.07) is 24.9. The Morgan fingerprint density at radius 3 is 2.59 bits per heavy atom. The van der Waals surface area contributed by atoms with E-state index in [0.717, 1.165) is 16.7 Å². The molecule has 1 aliphatic rings. The van der Waals surface area contributed by atoms with E-state index in [9.17, 15) is 4.79 Å². The number of methoxy groups -OCH3 is 1. The first-order chi connectivity index (χ1) is 18.1. The molecular weight excluding hydrogens is 468 g/mol. The first kappa shape index (κ1) is 26.0. The Balaban J connectivity index is 1.53. The molecule has 37 heavy (non-hydrogen) atoms. The van der Waals surface area contributed by atoms with Crippen molar-refractivity contribution in [2.45, 2.75) is 24.9 Å². The number of aliphatic imine (C=N–C) groups is 1. The second kappa shape index (κ2) is 12.7. The van der Waals surface area contributed by atoms with Gasteiger partial charge in [-0.05, 0) is 35.9 Å². The molecule has 3 aromatic carbocycles. The molecule has 0 aliphatic carbocycles. The topological polar surface area (TPSA) is 89.4 Å². The van der Waals surface area contributed by atoms with Crippen LogP contribution in [-0.2, 0) is 16.1 Å². The first-order valence-electron chi connectivity index (χ1n) is 12.3. The van der Waals surface area contributed by atoms with Gasteiger partial charge in [0.1, 0.15) is 18.1 Å². The fourth-order valence-electron chi connectivity index (χ4n) is 4.00. The predicted octanol–water partition coefficient (Wildman–Crippen LogP) is 4.39. The first-order valence-corrected chi connectivity index (χ1v) is 12.3. The molecule has 0 unspecified atom stereocenters. The van der Waals surface area contributed by atoms with Gasteiger partial charge in [-0.2, -0.15) is 0 Å². The van der Waals surface area contributed by atoms with Crippen molar-refractivity contribution in [3.05, 3.63) is 102 Å². The van der Waals surface area contributed by atoms with Crippen LogP contribution in [-0.4, -0.2) is 49.4 Å². The van der Waals surface area contributed by atoms with Crippen LogP contribution in [0.2, 0.25) is 0 Å². The van der Waals surface area contributed by atoms with Gasteiger partial charge in [0.05, 0.1) is 13.7 Å². The molecule has 7 nitrogen and oxygen atoms in total. The van der Waals surface area contributed by atoms with Crippen molar-refractivity contribution in [3.63, 3.8) is 0 Å². The molecule has 0 aromatic heterocycles. The summed E-state index contributed by atoms with van der Waals surface area (Å²) >= 11 is 0. The zero-order valence-corrected chi connectivity index (χ0v) is 20.9. The van der Waals surface area contributed by atoms with Crippen LogP contribution in [0.4, 0.5) is 0 Å². The second-order valence-corrected chi connectivity index (χ2v) is 8.70. The number of amides is 1. The molecule has 1 amide bonds. The lowest BCUT2D eigenvalue weighted by Gasteiger charge is -2.22. The highest BCUT2D eigenvalue weighted by Gasteiger charge is 2.43. The van der Waals surface area contributed by atoms with Crippen LogP contribution in [0.25, 0.3) is 6.08 Å². The third-order valence-electron chi connectivity index (χ3n) is 6.06. The molecule has 0 bridgehead atoms. The number of para-hydroxylation sites is 1. The van der Waals surface area contributed by atoms with Gasteiger partial charge in [-0.15, -0.1) is 0 Å². The van der Waals surface area contributed by atoms with Gasteiger partial charge in [-0.25, -0.2) is 4.99 Å². The van der Waals surface area contributed by atoms with Gasteiger partial charge >= 0.3 is 0 Å². The van der Waals surface area contributed by atoms with E-state index < -0.39 is 5.54 Å². The third-order valence-corrected chi connectivity index (χ3v) is 6.06. The number of nitrogens with one attached hydrogen (secondary N) is 1. The minimum Gasteiger partial charge on any atom is -0.496 e. The minimum atomic E-state index is -1.10. The standard InChI is InChI=1S/C30H32N2O5/c1-35-27-13-6-5-12-25(27)21-31-29(34)30(18-7-11-23-9-3-2-4-10-23)22-37-28(32-30)24-14-16-26(17-15-24)36-20-8-19-33/h2-7,9-17,33H,8,18-22H2,1H3,(H,31,34)/b11-7+/t30-/m1/s1. The number of hydrogen-bond acceptors (Lipinski definition) is 6. The number of rotatable bonds is 12. The van der Waals surface area contributed by atoms with Gasteiger partial charge in [0.15, 0.2) is 5.54 Å². The largest absolute Gasteiger partial charge is 0.496 e. The molecule has 0 saturated carbocycles. The summed E-state index contributed by atoms with van der Waals surface area (Å²) in [7, 11) is 1.61. The maximum atomic E-state index is 13.5. The van der Waals surface area contributed by atoms with Gasteiger partial charge in [0.25, 0.3) is 5.91 Å². The molecule has 0 radical (unpaired) electrons. The molecule has 7 heteroatoms. The molecule has 3 aromatic rings. The van der Waals surface area contributed by atoms with E-state index in [1.54, 1.807) is 7.11 Å². The smallest absolute Gasteiger partial charge is 0.252 e. The monoisotopic (exact) mass is 500 g/mol. The van der Waals surface area contributed by atoms with E-state index in [1.165, 1.54) is 0 Å². The van der Waals surface area contributed by atoms with E-state index in [0.29, 0.717) is 43.4 Å². The number of aliphatic hydroxyl groups excluding tert-OH is 1. The number of carbonyl (C=O) groups is 1. The Kier molecular flexibility index (Phi) is 8.94. The molecule has 1 aliphatic heterocycles. The highest BCUT2D eigenvalue weighted by atomic mass is 16.5. The molecule has 1 atom stereocenters. The number of aliphatic hydroxyl groups is 1. The van der Waals surface area contributed by atoms with Gasteiger partial charge in [-0.1, -0.05) is 60.7 Å². The maximum absolute atomic E-state index is 13.5. The molecule has 0 fully saturated rings. The van der Waals surface area contributed by atoms with E-state index >= 15 is 0 Å². The average molecular weight is 501 g/mol. The average Bonchev–Trinajstić information content (AvgIpc) is 3.38. The second-order valence-electron chi connectivity index (χ2n) is 8.70. The van der Waals surface area contributed by atoms with Crippen LogP contribution in [0, 0.1) is 0 Å². The fraction of sp³-hybridized carbons (Fsp3) is 0.267. The maximum Gasteiger partial charge on any atom is 0.252 e. The molecule has 4 rings (SSSR count). The van der Waals surface area contributed by atoms with Crippen molar-refractivity contribution in [3.8, 4) is 11.5 Å². The molecule has 192 valence electrons. The predicted molar refractivity (Wildman–Crippen MR) is 144 cm³/mol. The summed E-state index contributed by atoms with van der Waals surface area (Å²) in [6.45, 7) is 0.977. The fourth-order valence-corrected chi connectivity index (χ4v) is 4.00. The number of carbonyl (C=O) groups excluding carboxylic acids is 1. The third kappa shape index (κ3) is 6.77. The lowest BCUT2D eigenvalue weighted by molar-refractivity contribution is -0.126. The number of ether oxygens (including phenoxy) is 3. The van der Waals surface area contributed by atoms with Gasteiger partial charge in [-0.3, -0.25) is 4.79 Å². The molecule has 0 saturated heterocycles. The zero-order valence-electron chi connectivity index (χ0n) is 20.9. The van der Waals surface area contributed by atoms with Crippen LogP contribution in [0.1, 0.15) is 29.5 Å². The summed E-state index contributed by atoms with van der Waals surface area (Å²) < 4.78 is 17.0. The molecule has 2 N–H and O–H groups in total. The van der Waals surface area contributed by atoms with E-state index in [4.69, 9.17) is 24.3 Å². The van der Waals surface area contributed by atoms with Crippen LogP contribution < -0.4 is 14.8 Å². The Morgan fingerprint density at radius 2 is 1.84 bits per heavy atom. The van der Waals surface area contributed by atoms with E-state index in [2.05, 4.69) is 5.32 Å². The van der Waals surface area contributed by atoms with Crippen molar-refractivity contribution in [2.75, 3.05) is 26.9 Å². The van der Waals surface area contributed by atoms with Crippen LogP contribution in [0.3, 0.4) is 0 Å². The Morgan fingerprint density at radius 1 is 1.08 bits per heavy atom. The van der Waals surface area contributed by atoms with E-state index in [1.807, 2.05) is 91.0 Å². The quantitative estimate of drug-likeness (QED) is 0.360. The van der Waals surface area contributed by atoms with Gasteiger partial charge in [0, 0.05) is 37.1 Å². The summed E-state index contributed by atoms with van der Waals surface area (Å²) in [4.78, 5) is 18.4. The van der Waals surface area contributed by atoms with Crippen molar-refractivity contribution < 1.29 is 24.1 Å². The summed E-state index contributed by atoms with van der Waals surface area (Å²) in [6.07, 6.45) is 4.90. The van der Waals surface area contributed by atoms with E-state index in [-0.39, 0.29) is 19.1 Å². The van der Waals surface area contributed by atoms with Crippen molar-refractivity contribution in [1.29, 1.82) is 0 Å². The molecule has 0 spiro atoms. The summed E-state index contributed by atoms with van der Waals surface area (Å²) in [5, 5.41) is 12.0. The summed E-state index contributed by atoms with van der Waals surface area (Å²) in [5.74, 6) is 1.62. The highest BCUT2D eigenvalue weighted by Crippen LogP contribution is 2.28. The van der Waals surface area contributed by atoms with Gasteiger partial charge in [0.2, 0.25) is 5.90 Å². The van der Waals surface area contributed by atoms with Crippen molar-refractivity contribution in [2.24, 2.45) is 4.99 Å². The zero-order chi connectivity index (χ0) is 25.9. The number of nitrogens with zero attached hydrogens (tertiary/aromatic N) is 1. The lowest BCUT2D eigenvalue weighted by Crippen LogP contribution is -2.46. The summed E-state index contributed by atoms with van der Waals surface area (Å²) in [5.41, 5.74) is 1.60. The Hall–Kier alpha value is -4.10. The molecular formula is C30H32N2O5. The van der Waals surface area contributed by atoms with Crippen LogP contribution in [0.5, 0.6) is 11.5 Å². The number of benzene rings is 3. The normalized spacial score (nSPS) is 16.8.